The zero-order valence-electron chi connectivity index (χ0n) is 24.9. The molecule has 3 rings (SSSR count). The van der Waals surface area contributed by atoms with Crippen LogP contribution in [0, 0.1) is 0 Å². The predicted molar refractivity (Wildman–Crippen MR) is 158 cm³/mol. The molecule has 11 heteroatoms. The van der Waals surface area contributed by atoms with Crippen LogP contribution in [0.25, 0.3) is 11.6 Å². The number of amides is 5. The van der Waals surface area contributed by atoms with E-state index in [2.05, 4.69) is 27.8 Å². The maximum atomic E-state index is 13.5. The molecule has 0 saturated carbocycles. The molecular weight excluding hydrogens is 526 g/mol. The maximum Gasteiger partial charge on any atom is 0.314 e. The summed E-state index contributed by atoms with van der Waals surface area (Å²) >= 11 is 0. The maximum absolute atomic E-state index is 13.5. The van der Waals surface area contributed by atoms with E-state index in [-0.39, 0.29) is 18.3 Å². The first kappa shape index (κ1) is 32.7. The standard InChI is InChI=1S/C25H29N3O5.C5H12N2O/c1-7-16(4)10-18-11-21(33-22(18)15(2)3)25(27-14-29,24(31)26-5)28-13-17-8-9-19(32-6)12-20(17)23(28)30;1-3-6-5(8)7-4-2/h8-12,14H,2,7,13H2,1,3-6H3,(H,26,31)(H,27,29);3-4H2,1-2H3,(H2,6,7,8)/b16-10+;. The van der Waals surface area contributed by atoms with Gasteiger partial charge in [-0.25, -0.2) is 4.79 Å². The van der Waals surface area contributed by atoms with Gasteiger partial charge in [-0.1, -0.05) is 31.2 Å². The Kier molecular flexibility index (Phi) is 11.7. The quantitative estimate of drug-likeness (QED) is 0.305. The number of fused-ring (bicyclic) bond motifs is 1. The van der Waals surface area contributed by atoms with Crippen LogP contribution in [0.3, 0.4) is 0 Å². The second-order valence-electron chi connectivity index (χ2n) is 9.38. The number of carbonyl (C=O) groups is 4. The zero-order chi connectivity index (χ0) is 30.7. The minimum Gasteiger partial charge on any atom is -0.497 e. The Morgan fingerprint density at radius 3 is 2.32 bits per heavy atom. The molecule has 1 aliphatic heterocycles. The molecule has 5 amide bonds. The summed E-state index contributed by atoms with van der Waals surface area (Å²) < 4.78 is 11.4. The number of benzene rings is 1. The number of methoxy groups -OCH3 is 1. The first-order valence-corrected chi connectivity index (χ1v) is 13.5. The summed E-state index contributed by atoms with van der Waals surface area (Å²) in [5, 5.41) is 10.3. The van der Waals surface area contributed by atoms with E-state index >= 15 is 0 Å². The molecule has 0 bridgehead atoms. The van der Waals surface area contributed by atoms with Gasteiger partial charge >= 0.3 is 6.03 Å². The van der Waals surface area contributed by atoms with Crippen molar-refractivity contribution >= 4 is 35.9 Å². The first-order valence-electron chi connectivity index (χ1n) is 13.5. The Balaban J connectivity index is 0.000000642. The van der Waals surface area contributed by atoms with Gasteiger partial charge in [-0.3, -0.25) is 19.3 Å². The van der Waals surface area contributed by atoms with Crippen molar-refractivity contribution < 1.29 is 28.3 Å². The summed E-state index contributed by atoms with van der Waals surface area (Å²) in [5.41, 5.74) is 1.64. The third kappa shape index (κ3) is 7.16. The van der Waals surface area contributed by atoms with Gasteiger partial charge in [0.25, 0.3) is 17.5 Å². The first-order chi connectivity index (χ1) is 19.5. The number of nitrogens with zero attached hydrogens (tertiary/aromatic N) is 1. The van der Waals surface area contributed by atoms with Crippen molar-refractivity contribution in [3.05, 3.63) is 64.6 Å². The number of hydrogen-bond donors (Lipinski definition) is 4. The van der Waals surface area contributed by atoms with E-state index in [1.54, 1.807) is 31.2 Å². The number of carbonyl (C=O) groups excluding carboxylic acids is 4. The van der Waals surface area contributed by atoms with Crippen molar-refractivity contribution in [3.8, 4) is 5.75 Å². The smallest absolute Gasteiger partial charge is 0.314 e. The zero-order valence-corrected chi connectivity index (χ0v) is 24.9. The Bertz CT molecular complexity index is 1310. The van der Waals surface area contributed by atoms with Crippen LogP contribution in [0.4, 0.5) is 4.79 Å². The molecule has 1 aliphatic rings. The van der Waals surface area contributed by atoms with E-state index in [1.807, 2.05) is 33.8 Å². The summed E-state index contributed by atoms with van der Waals surface area (Å²) in [6, 6.07) is 6.71. The normalized spacial score (nSPS) is 13.7. The van der Waals surface area contributed by atoms with E-state index in [0.29, 0.717) is 53.3 Å². The van der Waals surface area contributed by atoms with E-state index in [4.69, 9.17) is 9.15 Å². The van der Waals surface area contributed by atoms with Crippen LogP contribution in [0.15, 0.2) is 40.8 Å². The van der Waals surface area contributed by atoms with Crippen LogP contribution in [0.5, 0.6) is 5.75 Å². The van der Waals surface area contributed by atoms with Crippen molar-refractivity contribution in [3.63, 3.8) is 0 Å². The molecule has 0 saturated heterocycles. The minimum atomic E-state index is -1.91. The minimum absolute atomic E-state index is 0.0880. The third-order valence-corrected chi connectivity index (χ3v) is 6.49. The predicted octanol–water partition coefficient (Wildman–Crippen LogP) is 3.76. The van der Waals surface area contributed by atoms with Crippen LogP contribution in [-0.4, -0.2) is 56.4 Å². The lowest BCUT2D eigenvalue weighted by Crippen LogP contribution is -2.63. The Morgan fingerprint density at radius 2 is 1.80 bits per heavy atom. The molecule has 41 heavy (non-hydrogen) atoms. The van der Waals surface area contributed by atoms with Gasteiger partial charge in [0.15, 0.2) is 5.76 Å². The fourth-order valence-electron chi connectivity index (χ4n) is 4.30. The number of nitrogens with one attached hydrogen (secondary N) is 4. The van der Waals surface area contributed by atoms with Gasteiger partial charge in [0.2, 0.25) is 6.41 Å². The summed E-state index contributed by atoms with van der Waals surface area (Å²) in [6.07, 6.45) is 3.16. The summed E-state index contributed by atoms with van der Waals surface area (Å²) in [7, 11) is 2.95. The van der Waals surface area contributed by atoms with Crippen LogP contribution in [0.1, 0.15) is 74.0 Å². The van der Waals surface area contributed by atoms with Crippen LogP contribution in [0.2, 0.25) is 0 Å². The number of urea groups is 1. The number of hydrogen-bond acceptors (Lipinski definition) is 6. The fourth-order valence-corrected chi connectivity index (χ4v) is 4.30. The van der Waals surface area contributed by atoms with Crippen LogP contribution < -0.4 is 26.0 Å². The number of furan rings is 1. The van der Waals surface area contributed by atoms with Gasteiger partial charge in [-0.05, 0) is 63.5 Å². The summed E-state index contributed by atoms with van der Waals surface area (Å²) in [6.45, 7) is 15.0. The number of allylic oxidation sites excluding steroid dienone is 2. The molecular formula is C30H41N5O6. The lowest BCUT2D eigenvalue weighted by atomic mass is 10.0. The van der Waals surface area contributed by atoms with Crippen LogP contribution >= 0.6 is 0 Å². The molecule has 2 heterocycles. The second kappa shape index (κ2) is 14.7. The van der Waals surface area contributed by atoms with Gasteiger partial charge in [0, 0.05) is 31.3 Å². The molecule has 0 spiro atoms. The topological polar surface area (TPSA) is 142 Å². The molecule has 0 radical (unpaired) electrons. The molecule has 11 nitrogen and oxygen atoms in total. The highest BCUT2D eigenvalue weighted by Crippen LogP contribution is 2.39. The van der Waals surface area contributed by atoms with Crippen molar-refractivity contribution in [2.45, 2.75) is 53.2 Å². The molecule has 2 aromatic rings. The van der Waals surface area contributed by atoms with Gasteiger partial charge in [0.1, 0.15) is 11.5 Å². The highest BCUT2D eigenvalue weighted by molar-refractivity contribution is 6.03. The van der Waals surface area contributed by atoms with E-state index in [0.717, 1.165) is 12.0 Å². The van der Waals surface area contributed by atoms with E-state index < -0.39 is 17.5 Å². The largest absolute Gasteiger partial charge is 0.497 e. The van der Waals surface area contributed by atoms with Crippen molar-refractivity contribution in [2.24, 2.45) is 0 Å². The Hall–Kier alpha value is -4.54. The average Bonchev–Trinajstić information content (AvgIpc) is 3.53. The molecule has 0 aliphatic carbocycles. The van der Waals surface area contributed by atoms with Crippen molar-refractivity contribution in [1.29, 1.82) is 0 Å². The molecule has 1 unspecified atom stereocenters. The van der Waals surface area contributed by atoms with Gasteiger partial charge < -0.3 is 30.4 Å². The molecule has 1 aromatic carbocycles. The second-order valence-corrected chi connectivity index (χ2v) is 9.38. The van der Waals surface area contributed by atoms with E-state index in [1.165, 1.54) is 19.1 Å². The molecule has 1 aromatic heterocycles. The number of rotatable bonds is 11. The lowest BCUT2D eigenvalue weighted by molar-refractivity contribution is -0.139. The average molecular weight is 568 g/mol. The highest BCUT2D eigenvalue weighted by Gasteiger charge is 2.53. The third-order valence-electron chi connectivity index (χ3n) is 6.49. The molecule has 1 atom stereocenters. The molecule has 0 fully saturated rings. The highest BCUT2D eigenvalue weighted by atomic mass is 16.5. The van der Waals surface area contributed by atoms with E-state index in [9.17, 15) is 19.2 Å². The number of ether oxygens (including phenoxy) is 1. The number of likely N-dealkylation sites (N-methyl/N-ethyl adjacent to an activating group) is 1. The van der Waals surface area contributed by atoms with Gasteiger partial charge in [-0.2, -0.15) is 0 Å². The molecule has 4 N–H and O–H groups in total. The Morgan fingerprint density at radius 1 is 1.15 bits per heavy atom. The van der Waals surface area contributed by atoms with Crippen molar-refractivity contribution in [1.82, 2.24) is 26.2 Å². The summed E-state index contributed by atoms with van der Waals surface area (Å²) in [4.78, 5) is 50.3. The fraction of sp³-hybridized carbons (Fsp3) is 0.400. The van der Waals surface area contributed by atoms with Gasteiger partial charge in [-0.15, -0.1) is 0 Å². The lowest BCUT2D eigenvalue weighted by Gasteiger charge is -2.37. The van der Waals surface area contributed by atoms with Crippen molar-refractivity contribution in [2.75, 3.05) is 27.2 Å². The van der Waals surface area contributed by atoms with Crippen LogP contribution in [-0.2, 0) is 21.8 Å². The summed E-state index contributed by atoms with van der Waals surface area (Å²) in [5.74, 6) is 0.0483. The van der Waals surface area contributed by atoms with Gasteiger partial charge in [0.05, 0.1) is 13.7 Å². The molecule has 222 valence electrons. The Labute approximate surface area is 241 Å². The monoisotopic (exact) mass is 567 g/mol. The SMILES string of the molecule is C=C(C)c1oc(C(NC=O)(C(=O)NC)N2Cc3ccc(OC)cc3C2=O)cc1/C=C(\C)CC.CCNC(=O)NCC.